The minimum Gasteiger partial charge on any atom is -0.379 e. The van der Waals surface area contributed by atoms with E-state index in [1.807, 2.05) is 17.5 Å². The van der Waals surface area contributed by atoms with E-state index >= 15 is 0 Å². The fourth-order valence-corrected chi connectivity index (χ4v) is 6.10. The van der Waals surface area contributed by atoms with Crippen molar-refractivity contribution in [1.29, 1.82) is 0 Å². The molecule has 10 nitrogen and oxygen atoms in total. The molecule has 2 aromatic heterocycles. The summed E-state index contributed by atoms with van der Waals surface area (Å²) in [6, 6.07) is 7.91. The molecule has 0 aliphatic carbocycles. The zero-order valence-corrected chi connectivity index (χ0v) is 19.0. The number of hydrogen-bond donors (Lipinski definition) is 0. The van der Waals surface area contributed by atoms with Crippen LogP contribution in [0.3, 0.4) is 0 Å². The van der Waals surface area contributed by atoms with Crippen molar-refractivity contribution in [2.24, 2.45) is 7.05 Å². The van der Waals surface area contributed by atoms with E-state index in [1.54, 1.807) is 23.0 Å². The van der Waals surface area contributed by atoms with Gasteiger partial charge < -0.3 is 9.30 Å². The summed E-state index contributed by atoms with van der Waals surface area (Å²) in [5.41, 5.74) is -0.290. The monoisotopic (exact) mass is 481 g/mol. The zero-order chi connectivity index (χ0) is 22.0. The second-order valence-corrected chi connectivity index (χ2v) is 10.7. The summed E-state index contributed by atoms with van der Waals surface area (Å²) in [7, 11) is -2.03. The third kappa shape index (κ3) is 4.65. The summed E-state index contributed by atoms with van der Waals surface area (Å²) >= 11 is 2.70. The molecule has 1 fully saturated rings. The number of hydrogen-bond acceptors (Lipinski definition) is 9. The second kappa shape index (κ2) is 9.04. The fourth-order valence-electron chi connectivity index (χ4n) is 3.08. The van der Waals surface area contributed by atoms with Gasteiger partial charge in [0.15, 0.2) is 5.16 Å². The lowest BCUT2D eigenvalue weighted by molar-refractivity contribution is -0.388. The maximum Gasteiger partial charge on any atom is 0.284 e. The van der Waals surface area contributed by atoms with Crippen LogP contribution in [-0.4, -0.2) is 58.7 Å². The number of benzene rings is 1. The first-order valence-electron chi connectivity index (χ1n) is 9.31. The largest absolute Gasteiger partial charge is 0.379 e. The van der Waals surface area contributed by atoms with Crippen molar-refractivity contribution in [3.8, 4) is 0 Å². The molecule has 0 unspecified atom stereocenters. The van der Waals surface area contributed by atoms with E-state index in [2.05, 4.69) is 10.2 Å². The van der Waals surface area contributed by atoms with Gasteiger partial charge in [-0.25, -0.2) is 8.42 Å². The molecule has 1 aliphatic heterocycles. The van der Waals surface area contributed by atoms with E-state index in [1.165, 1.54) is 16.4 Å². The molecular formula is C18H19N5O5S3. The van der Waals surface area contributed by atoms with Crippen molar-refractivity contribution in [3.63, 3.8) is 0 Å². The van der Waals surface area contributed by atoms with Crippen molar-refractivity contribution in [2.45, 2.75) is 21.4 Å². The summed E-state index contributed by atoms with van der Waals surface area (Å²) in [5, 5.41) is 22.5. The van der Waals surface area contributed by atoms with Gasteiger partial charge in [-0.2, -0.15) is 4.31 Å². The third-order valence-electron chi connectivity index (χ3n) is 4.77. The predicted molar refractivity (Wildman–Crippen MR) is 115 cm³/mol. The maximum absolute atomic E-state index is 12.9. The van der Waals surface area contributed by atoms with Gasteiger partial charge in [-0.15, -0.1) is 21.5 Å². The highest BCUT2D eigenvalue weighted by Gasteiger charge is 2.29. The van der Waals surface area contributed by atoms with Crippen molar-refractivity contribution in [2.75, 3.05) is 26.3 Å². The summed E-state index contributed by atoms with van der Waals surface area (Å²) in [6.45, 7) is 1.04. The Bertz CT molecular complexity index is 1190. The molecule has 13 heteroatoms. The van der Waals surface area contributed by atoms with E-state index in [0.717, 1.165) is 28.5 Å². The number of nitrogens with zero attached hydrogens (tertiary/aromatic N) is 5. The van der Waals surface area contributed by atoms with Crippen LogP contribution in [0.5, 0.6) is 0 Å². The molecule has 1 saturated heterocycles. The van der Waals surface area contributed by atoms with E-state index in [9.17, 15) is 18.5 Å². The first-order chi connectivity index (χ1) is 14.9. The van der Waals surface area contributed by atoms with Crippen LogP contribution in [0.15, 0.2) is 50.7 Å². The Morgan fingerprint density at radius 2 is 2.03 bits per heavy atom. The number of ether oxygens (including phenoxy) is 1. The minimum atomic E-state index is -3.83. The number of sulfonamides is 1. The number of morpholine rings is 1. The minimum absolute atomic E-state index is 0.109. The van der Waals surface area contributed by atoms with E-state index in [0.29, 0.717) is 29.7 Å². The van der Waals surface area contributed by atoms with Crippen molar-refractivity contribution in [1.82, 2.24) is 19.1 Å². The molecule has 31 heavy (non-hydrogen) atoms. The zero-order valence-electron chi connectivity index (χ0n) is 16.5. The van der Waals surface area contributed by atoms with Gasteiger partial charge in [-0.1, -0.05) is 6.07 Å². The van der Waals surface area contributed by atoms with Crippen LogP contribution in [0.2, 0.25) is 0 Å². The third-order valence-corrected chi connectivity index (χ3v) is 8.65. The Balaban J connectivity index is 1.61. The molecule has 0 atom stereocenters. The number of nitro groups is 1. The summed E-state index contributed by atoms with van der Waals surface area (Å²) in [6.07, 6.45) is 0.612. The normalized spacial score (nSPS) is 15.3. The quantitative estimate of drug-likeness (QED) is 0.373. The van der Waals surface area contributed by atoms with Gasteiger partial charge in [0.2, 0.25) is 10.0 Å². The average molecular weight is 482 g/mol. The van der Waals surface area contributed by atoms with Gasteiger partial charge >= 0.3 is 0 Å². The predicted octanol–water partition coefficient (Wildman–Crippen LogP) is 2.55. The molecule has 0 bridgehead atoms. The Labute approximate surface area is 187 Å². The molecule has 0 saturated carbocycles. The van der Waals surface area contributed by atoms with E-state index in [4.69, 9.17) is 4.74 Å². The Morgan fingerprint density at radius 1 is 1.26 bits per heavy atom. The highest BCUT2D eigenvalue weighted by atomic mass is 32.2. The molecule has 3 heterocycles. The van der Waals surface area contributed by atoms with E-state index in [-0.39, 0.29) is 23.7 Å². The maximum atomic E-state index is 12.9. The van der Waals surface area contributed by atoms with Gasteiger partial charge in [-0.3, -0.25) is 10.1 Å². The molecular weight excluding hydrogens is 462 g/mol. The molecule has 0 radical (unpaired) electrons. The first-order valence-corrected chi connectivity index (χ1v) is 12.4. The lowest BCUT2D eigenvalue weighted by Gasteiger charge is -2.26. The van der Waals surface area contributed by atoms with Crippen LogP contribution in [0.25, 0.3) is 0 Å². The summed E-state index contributed by atoms with van der Waals surface area (Å²) in [5.74, 6) is 0.735. The number of nitro benzene ring substituents is 1. The fraction of sp³-hybridized carbons (Fsp3) is 0.333. The smallest absolute Gasteiger partial charge is 0.284 e. The highest BCUT2D eigenvalue weighted by molar-refractivity contribution is 7.99. The number of rotatable bonds is 7. The van der Waals surface area contributed by atoms with Gasteiger partial charge in [-0.05, 0) is 35.3 Å². The van der Waals surface area contributed by atoms with Gasteiger partial charge in [0.1, 0.15) is 5.82 Å². The highest BCUT2D eigenvalue weighted by Crippen LogP contribution is 2.36. The van der Waals surface area contributed by atoms with Gasteiger partial charge in [0.25, 0.3) is 5.69 Å². The molecule has 1 aromatic carbocycles. The molecule has 164 valence electrons. The SMILES string of the molecule is Cn1c(Cc2cccs2)nnc1Sc1ccc(S(=O)(=O)N2CCOCC2)cc1[N+](=O)[O-]. The van der Waals surface area contributed by atoms with Crippen LogP contribution in [0.1, 0.15) is 10.7 Å². The molecule has 0 spiro atoms. The van der Waals surface area contributed by atoms with Crippen LogP contribution in [0, 0.1) is 10.1 Å². The molecule has 0 N–H and O–H groups in total. The topological polar surface area (TPSA) is 120 Å². The van der Waals surface area contributed by atoms with Gasteiger partial charge in [0, 0.05) is 37.5 Å². The van der Waals surface area contributed by atoms with Crippen molar-refractivity contribution < 1.29 is 18.1 Å². The molecule has 3 aromatic rings. The molecule has 1 aliphatic rings. The summed E-state index contributed by atoms with van der Waals surface area (Å²) in [4.78, 5) is 12.4. The van der Waals surface area contributed by atoms with Gasteiger partial charge in [0.05, 0.1) is 27.9 Å². The standard InChI is InChI=1S/C18H19N5O5S3/c1-21-17(11-13-3-2-10-29-13)19-20-18(21)30-16-5-4-14(12-15(16)23(24)25)31(26,27)22-6-8-28-9-7-22/h2-5,10,12H,6-9,11H2,1H3. The Kier molecular flexibility index (Phi) is 6.39. The lowest BCUT2D eigenvalue weighted by atomic mass is 10.3. The summed E-state index contributed by atoms with van der Waals surface area (Å²) < 4.78 is 34.0. The number of thiophene rings is 1. The van der Waals surface area contributed by atoms with Crippen LogP contribution in [0.4, 0.5) is 5.69 Å². The number of aromatic nitrogens is 3. The van der Waals surface area contributed by atoms with Crippen LogP contribution >= 0.6 is 23.1 Å². The lowest BCUT2D eigenvalue weighted by Crippen LogP contribution is -2.40. The van der Waals surface area contributed by atoms with E-state index < -0.39 is 14.9 Å². The van der Waals surface area contributed by atoms with Crippen LogP contribution in [-0.2, 0) is 28.2 Å². The molecule has 4 rings (SSSR count). The Morgan fingerprint density at radius 3 is 2.71 bits per heavy atom. The van der Waals surface area contributed by atoms with Crippen LogP contribution < -0.4 is 0 Å². The van der Waals surface area contributed by atoms with Crippen molar-refractivity contribution in [3.05, 3.63) is 56.5 Å². The van der Waals surface area contributed by atoms with Crippen molar-refractivity contribution >= 4 is 38.8 Å². The first kappa shape index (κ1) is 21.9. The average Bonchev–Trinajstić information content (AvgIpc) is 3.40. The molecule has 0 amide bonds. The Hall–Kier alpha value is -2.32. The second-order valence-electron chi connectivity index (χ2n) is 6.72.